The van der Waals surface area contributed by atoms with E-state index in [4.69, 9.17) is 20.6 Å². The second-order valence-corrected chi connectivity index (χ2v) is 14.1. The minimum Gasteiger partial charge on any atom is -0.772 e. The molecule has 0 radical (unpaired) electrons. The van der Waals surface area contributed by atoms with Crippen molar-refractivity contribution >= 4 is 78.2 Å². The molecule has 0 bridgehead atoms. The molecule has 12 heteroatoms. The highest BCUT2D eigenvalue weighted by molar-refractivity contribution is 8.03. The quantitative estimate of drug-likeness (QED) is 0.0782. The lowest BCUT2D eigenvalue weighted by Crippen LogP contribution is -2.36. The topological polar surface area (TPSA) is 115 Å². The number of aromatic nitrogens is 1. The van der Waals surface area contributed by atoms with E-state index in [0.717, 1.165) is 43.1 Å². The highest BCUT2D eigenvalue weighted by atomic mass is 35.5. The summed E-state index contributed by atoms with van der Waals surface area (Å²) in [5, 5.41) is 3.69. The highest BCUT2D eigenvalue weighted by Crippen LogP contribution is 2.47. The van der Waals surface area contributed by atoms with Crippen LogP contribution in [0.2, 0.25) is 5.02 Å². The molecule has 1 atom stereocenters. The van der Waals surface area contributed by atoms with Gasteiger partial charge >= 0.3 is 5.89 Å². The summed E-state index contributed by atoms with van der Waals surface area (Å²) in [6, 6.07) is 17.7. The van der Waals surface area contributed by atoms with Crippen LogP contribution in [0.15, 0.2) is 80.6 Å². The number of anilines is 1. The van der Waals surface area contributed by atoms with Gasteiger partial charge in [-0.3, -0.25) is 8.76 Å². The number of unbranched alkanes of at least 4 members (excludes halogenated alkanes) is 1. The predicted octanol–water partition coefficient (Wildman–Crippen LogP) is 6.71. The first-order valence-corrected chi connectivity index (χ1v) is 17.7. The molecule has 1 aromatic heterocycles. The first-order valence-electron chi connectivity index (χ1n) is 13.7. The van der Waals surface area contributed by atoms with Crippen molar-refractivity contribution < 1.29 is 30.7 Å². The monoisotopic (exact) mass is 646 g/mol. The molecular formula is C30H31ClN2O6S3. The lowest BCUT2D eigenvalue weighted by Gasteiger charge is -2.21. The molecule has 42 heavy (non-hydrogen) atoms. The van der Waals surface area contributed by atoms with Crippen LogP contribution in [0.4, 0.5) is 5.69 Å². The fourth-order valence-corrected chi connectivity index (χ4v) is 7.32. The minimum absolute atomic E-state index is 0.0578. The zero-order valence-corrected chi connectivity index (χ0v) is 26.2. The Morgan fingerprint density at radius 2 is 1.98 bits per heavy atom. The molecule has 0 saturated heterocycles. The molecule has 0 aliphatic carbocycles. The molecule has 8 nitrogen and oxygen atoms in total. The fraction of sp³-hybridized carbons (Fsp3) is 0.300. The van der Waals surface area contributed by atoms with Crippen molar-refractivity contribution in [1.29, 1.82) is 0 Å². The van der Waals surface area contributed by atoms with Crippen LogP contribution in [0, 0.1) is 0 Å². The Hall–Kier alpha value is -2.67. The molecule has 5 rings (SSSR count). The van der Waals surface area contributed by atoms with Gasteiger partial charge in [0.15, 0.2) is 6.54 Å². The van der Waals surface area contributed by atoms with Gasteiger partial charge in [0.2, 0.25) is 5.58 Å². The number of aryl methyl sites for hydroxylation is 1. The van der Waals surface area contributed by atoms with Crippen LogP contribution in [0.1, 0.15) is 38.5 Å². The first-order chi connectivity index (χ1) is 20.1. The summed E-state index contributed by atoms with van der Waals surface area (Å²) in [6.45, 7) is 3.10. The van der Waals surface area contributed by atoms with Gasteiger partial charge in [-0.2, -0.15) is 13.0 Å². The third-order valence-electron chi connectivity index (χ3n) is 7.06. The van der Waals surface area contributed by atoms with Crippen molar-refractivity contribution in [3.05, 3.63) is 82.2 Å². The average molecular weight is 647 g/mol. The third kappa shape index (κ3) is 7.27. The molecule has 0 spiro atoms. The van der Waals surface area contributed by atoms with Crippen LogP contribution >= 0.6 is 23.4 Å². The van der Waals surface area contributed by atoms with Crippen LogP contribution in [0.25, 0.3) is 27.9 Å². The summed E-state index contributed by atoms with van der Waals surface area (Å²) in [5.74, 6) is 0.411. The normalized spacial score (nSPS) is 15.7. The third-order valence-corrected chi connectivity index (χ3v) is 9.83. The van der Waals surface area contributed by atoms with Crippen LogP contribution in [0.3, 0.4) is 0 Å². The van der Waals surface area contributed by atoms with E-state index < -0.39 is 21.2 Å². The molecule has 222 valence electrons. The molecule has 4 aromatic rings. The molecule has 0 saturated carbocycles. The van der Waals surface area contributed by atoms with Crippen molar-refractivity contribution in [2.45, 2.75) is 44.0 Å². The van der Waals surface area contributed by atoms with Gasteiger partial charge in [-0.15, -0.1) is 0 Å². The van der Waals surface area contributed by atoms with E-state index in [-0.39, 0.29) is 11.5 Å². The van der Waals surface area contributed by atoms with E-state index in [1.54, 1.807) is 11.8 Å². The number of thioether (sulfide) groups is 1. The number of oxazole rings is 1. The molecule has 1 aliphatic heterocycles. The molecule has 1 N–H and O–H groups in total. The molecular weight excluding hydrogens is 616 g/mol. The minimum atomic E-state index is -4.01. The number of benzene rings is 3. The number of nitrogens with zero attached hydrogens (tertiary/aromatic N) is 2. The van der Waals surface area contributed by atoms with Gasteiger partial charge in [-0.1, -0.05) is 65.6 Å². The Labute approximate surface area is 257 Å². The van der Waals surface area contributed by atoms with Crippen LogP contribution in [-0.4, -0.2) is 39.8 Å². The molecule has 0 fully saturated rings. The Balaban J connectivity index is 1.53. The summed E-state index contributed by atoms with van der Waals surface area (Å²) in [4.78, 5) is 3.18. The Morgan fingerprint density at radius 1 is 1.17 bits per heavy atom. The zero-order valence-electron chi connectivity index (χ0n) is 23.0. The van der Waals surface area contributed by atoms with E-state index in [1.807, 2.05) is 60.7 Å². The van der Waals surface area contributed by atoms with Gasteiger partial charge in [-0.05, 0) is 66.6 Å². The van der Waals surface area contributed by atoms with Gasteiger partial charge < -0.3 is 13.9 Å². The van der Waals surface area contributed by atoms with Crippen molar-refractivity contribution in [1.82, 2.24) is 0 Å². The smallest absolute Gasteiger partial charge is 0.374 e. The maximum absolute atomic E-state index is 11.3. The van der Waals surface area contributed by atoms with E-state index in [0.29, 0.717) is 49.7 Å². The molecule has 3 aromatic carbocycles. The number of fused-ring (bicyclic) bond motifs is 4. The molecule has 1 aliphatic rings. The predicted molar refractivity (Wildman–Crippen MR) is 169 cm³/mol. The van der Waals surface area contributed by atoms with Crippen LogP contribution in [0.5, 0.6) is 0 Å². The number of rotatable bonds is 12. The Kier molecular flexibility index (Phi) is 9.76. The number of allylic oxidation sites excluding steroid dienone is 2. The lowest BCUT2D eigenvalue weighted by molar-refractivity contribution is -0.677. The maximum Gasteiger partial charge on any atom is 0.374 e. The summed E-state index contributed by atoms with van der Waals surface area (Å²) >= 11 is 5.81. The van der Waals surface area contributed by atoms with Crippen molar-refractivity contribution in [3.8, 4) is 0 Å². The van der Waals surface area contributed by atoms with Crippen molar-refractivity contribution in [2.24, 2.45) is 0 Å². The molecule has 2 heterocycles. The van der Waals surface area contributed by atoms with Gasteiger partial charge in [0, 0.05) is 28.6 Å². The van der Waals surface area contributed by atoms with E-state index >= 15 is 0 Å². The average Bonchev–Trinajstić information content (AvgIpc) is 3.47. The van der Waals surface area contributed by atoms with Gasteiger partial charge in [0.1, 0.15) is 0 Å². The molecule has 0 amide bonds. The number of halogens is 1. The summed E-state index contributed by atoms with van der Waals surface area (Å²) in [5.41, 5.74) is 3.61. The second-order valence-electron chi connectivity index (χ2n) is 10.0. The first kappa shape index (κ1) is 30.8. The van der Waals surface area contributed by atoms with Crippen LogP contribution in [-0.2, 0) is 27.7 Å². The molecule has 1 unspecified atom stereocenters. The Morgan fingerprint density at radius 3 is 2.74 bits per heavy atom. The van der Waals surface area contributed by atoms with Crippen LogP contribution < -0.4 is 9.47 Å². The van der Waals surface area contributed by atoms with Crippen molar-refractivity contribution in [2.75, 3.05) is 23.0 Å². The summed E-state index contributed by atoms with van der Waals surface area (Å²) in [6.07, 6.45) is 6.16. The number of hydrogen-bond donors (Lipinski definition) is 1. The summed E-state index contributed by atoms with van der Waals surface area (Å²) in [7, 11) is -4.01. The summed E-state index contributed by atoms with van der Waals surface area (Å²) < 4.78 is 62.6. The fourth-order valence-electron chi connectivity index (χ4n) is 5.07. The van der Waals surface area contributed by atoms with Gasteiger partial charge in [0.05, 0.1) is 27.9 Å². The van der Waals surface area contributed by atoms with E-state index in [9.17, 15) is 17.2 Å². The maximum atomic E-state index is 11.3. The Bertz CT molecular complexity index is 1820. The van der Waals surface area contributed by atoms with E-state index in [2.05, 4.69) is 22.5 Å². The SMILES string of the molecule is CCC(=C/c1oc2ccc3ccccc3c2[n+]1CCCS(=O)[O-])/C=C1/Sc2ccc(Cl)cc2N1CCCCS(=O)(=O)O. The van der Waals surface area contributed by atoms with Gasteiger partial charge in [-0.25, -0.2) is 0 Å². The second kappa shape index (κ2) is 13.3. The lowest BCUT2D eigenvalue weighted by atomic mass is 10.1. The number of hydrogen-bond acceptors (Lipinski definition) is 7. The van der Waals surface area contributed by atoms with Crippen molar-refractivity contribution in [3.63, 3.8) is 0 Å². The van der Waals surface area contributed by atoms with Gasteiger partial charge in [0.25, 0.3) is 15.6 Å². The largest absolute Gasteiger partial charge is 0.772 e. The zero-order chi connectivity index (χ0) is 29.9. The standard InChI is InChI=1S/C30H31ClN2O6S3/c1-2-21(19-29-32(14-5-6-17-42(36,37)38)25-20-23(31)11-13-27(25)40-29)18-28-33(15-7-16-41(34)35)30-24-9-4-3-8-22(24)10-12-26(30)39-28/h3-4,8-13,18-20H,2,5-7,14-17H2,1H3,(H-,34,35,36,37,38). The van der Waals surface area contributed by atoms with E-state index in [1.165, 1.54) is 0 Å². The highest BCUT2D eigenvalue weighted by Gasteiger charge is 2.27.